The summed E-state index contributed by atoms with van der Waals surface area (Å²) in [4.78, 5) is 12.5. The lowest BCUT2D eigenvalue weighted by atomic mass is 9.49. The highest BCUT2D eigenvalue weighted by Crippen LogP contribution is 2.61. The predicted octanol–water partition coefficient (Wildman–Crippen LogP) is 3.51. The van der Waals surface area contributed by atoms with Crippen LogP contribution in [-0.2, 0) is 17.9 Å². The summed E-state index contributed by atoms with van der Waals surface area (Å²) in [7, 11) is 0. The van der Waals surface area contributed by atoms with Crippen molar-refractivity contribution in [2.24, 2.45) is 28.9 Å². The van der Waals surface area contributed by atoms with Gasteiger partial charge in [0.1, 0.15) is 5.82 Å². The molecule has 0 unspecified atom stereocenters. The van der Waals surface area contributed by atoms with Gasteiger partial charge in [0.2, 0.25) is 5.91 Å². The number of nitrogens with one attached hydrogen (secondary N) is 1. The molecule has 1 aromatic carbocycles. The second kappa shape index (κ2) is 6.14. The van der Waals surface area contributed by atoms with E-state index in [0.29, 0.717) is 18.5 Å². The smallest absolute Gasteiger partial charge is 0.220 e. The van der Waals surface area contributed by atoms with Gasteiger partial charge in [-0.15, -0.1) is 0 Å². The van der Waals surface area contributed by atoms with Crippen LogP contribution in [-0.4, -0.2) is 5.91 Å². The molecule has 4 saturated carbocycles. The van der Waals surface area contributed by atoms with Gasteiger partial charge in [0.15, 0.2) is 0 Å². The zero-order chi connectivity index (χ0) is 16.7. The number of halogens is 1. The molecule has 0 spiro atoms. The first-order valence-electron chi connectivity index (χ1n) is 9.29. The fourth-order valence-electron chi connectivity index (χ4n) is 5.96. The number of carbonyl (C=O) groups excluding carboxylic acids is 1. The Kier molecular flexibility index (Phi) is 4.11. The highest BCUT2D eigenvalue weighted by Gasteiger charge is 2.51. The monoisotopic (exact) mass is 330 g/mol. The van der Waals surface area contributed by atoms with Crippen molar-refractivity contribution in [3.05, 3.63) is 35.1 Å². The highest BCUT2D eigenvalue weighted by molar-refractivity contribution is 5.76. The maximum atomic E-state index is 14.0. The van der Waals surface area contributed by atoms with E-state index < -0.39 is 0 Å². The van der Waals surface area contributed by atoms with E-state index in [1.807, 2.05) is 6.07 Å². The van der Waals surface area contributed by atoms with Gasteiger partial charge in [0, 0.05) is 25.1 Å². The number of hydrogen-bond donors (Lipinski definition) is 2. The molecule has 0 saturated heterocycles. The van der Waals surface area contributed by atoms with Crippen molar-refractivity contribution in [2.45, 2.75) is 58.0 Å². The molecule has 3 N–H and O–H groups in total. The van der Waals surface area contributed by atoms with E-state index in [2.05, 4.69) is 5.32 Å². The summed E-state index contributed by atoms with van der Waals surface area (Å²) >= 11 is 0. The van der Waals surface area contributed by atoms with Gasteiger partial charge in [0.25, 0.3) is 0 Å². The van der Waals surface area contributed by atoms with Crippen molar-refractivity contribution < 1.29 is 9.18 Å². The lowest BCUT2D eigenvalue weighted by Crippen LogP contribution is -2.47. The Morgan fingerprint density at radius 2 is 1.79 bits per heavy atom. The molecule has 1 aromatic rings. The number of hydrogen-bond acceptors (Lipinski definition) is 2. The number of nitrogens with two attached hydrogens (primary N) is 1. The lowest BCUT2D eigenvalue weighted by Gasteiger charge is -2.56. The quantitative estimate of drug-likeness (QED) is 0.868. The molecule has 4 aliphatic carbocycles. The highest BCUT2D eigenvalue weighted by atomic mass is 19.1. The average Bonchev–Trinajstić information content (AvgIpc) is 2.51. The topological polar surface area (TPSA) is 55.1 Å². The summed E-state index contributed by atoms with van der Waals surface area (Å²) in [5, 5.41) is 2.94. The van der Waals surface area contributed by atoms with Crippen molar-refractivity contribution in [3.8, 4) is 0 Å². The number of carbonyl (C=O) groups is 1. The van der Waals surface area contributed by atoms with Crippen molar-refractivity contribution in [1.29, 1.82) is 0 Å². The molecule has 0 aromatic heterocycles. The van der Waals surface area contributed by atoms with E-state index in [9.17, 15) is 9.18 Å². The minimum Gasteiger partial charge on any atom is -0.352 e. The molecule has 4 aliphatic rings. The Morgan fingerprint density at radius 1 is 1.17 bits per heavy atom. The summed E-state index contributed by atoms with van der Waals surface area (Å²) < 4.78 is 14.0. The van der Waals surface area contributed by atoms with Crippen LogP contribution >= 0.6 is 0 Å². The molecule has 4 fully saturated rings. The van der Waals surface area contributed by atoms with Gasteiger partial charge in [0.05, 0.1) is 0 Å². The van der Waals surface area contributed by atoms with E-state index >= 15 is 0 Å². The summed E-state index contributed by atoms with van der Waals surface area (Å²) in [5.74, 6) is 2.35. The Labute approximate surface area is 143 Å². The minimum absolute atomic E-state index is 0.0826. The van der Waals surface area contributed by atoms with E-state index in [1.54, 1.807) is 6.07 Å². The van der Waals surface area contributed by atoms with Crippen LogP contribution < -0.4 is 11.1 Å². The van der Waals surface area contributed by atoms with Crippen molar-refractivity contribution in [1.82, 2.24) is 5.32 Å². The molecule has 0 heterocycles. The molecule has 4 bridgehead atoms. The van der Waals surface area contributed by atoms with Crippen molar-refractivity contribution in [2.75, 3.05) is 0 Å². The van der Waals surface area contributed by atoms with E-state index in [1.165, 1.54) is 44.6 Å². The van der Waals surface area contributed by atoms with Crippen LogP contribution in [0.15, 0.2) is 18.2 Å². The van der Waals surface area contributed by atoms with Crippen LogP contribution in [0.1, 0.15) is 56.1 Å². The first-order valence-corrected chi connectivity index (χ1v) is 9.29. The summed E-state index contributed by atoms with van der Waals surface area (Å²) in [5.41, 5.74) is 7.06. The third-order valence-electron chi connectivity index (χ3n) is 6.53. The Hall–Kier alpha value is -1.42. The van der Waals surface area contributed by atoms with Crippen LogP contribution in [0, 0.1) is 29.0 Å². The molecular formula is C20H27FN2O. The fraction of sp³-hybridized carbons (Fsp3) is 0.650. The first-order chi connectivity index (χ1) is 11.5. The summed E-state index contributed by atoms with van der Waals surface area (Å²) in [6.07, 6.45) is 8.47. The van der Waals surface area contributed by atoms with Crippen LogP contribution in [0.25, 0.3) is 0 Å². The lowest BCUT2D eigenvalue weighted by molar-refractivity contribution is -0.129. The number of rotatable bonds is 5. The van der Waals surface area contributed by atoms with E-state index in [0.717, 1.165) is 23.3 Å². The Bertz CT molecular complexity index is 607. The Morgan fingerprint density at radius 3 is 2.33 bits per heavy atom. The van der Waals surface area contributed by atoms with E-state index in [4.69, 9.17) is 5.73 Å². The average molecular weight is 330 g/mol. The molecule has 4 heteroatoms. The zero-order valence-corrected chi connectivity index (χ0v) is 14.2. The minimum atomic E-state index is -0.284. The summed E-state index contributed by atoms with van der Waals surface area (Å²) in [6.45, 7) is 0.595. The van der Waals surface area contributed by atoms with Gasteiger partial charge in [-0.2, -0.15) is 0 Å². The maximum absolute atomic E-state index is 14.0. The SMILES string of the molecule is NCc1ccc(CNC(=O)CC23CC4CC(CC(C4)C2)C3)c(F)c1. The van der Waals surface area contributed by atoms with Crippen LogP contribution in [0.3, 0.4) is 0 Å². The molecular weight excluding hydrogens is 303 g/mol. The van der Waals surface area contributed by atoms with Gasteiger partial charge in [-0.25, -0.2) is 4.39 Å². The normalized spacial score (nSPS) is 33.7. The van der Waals surface area contributed by atoms with Crippen molar-refractivity contribution in [3.63, 3.8) is 0 Å². The van der Waals surface area contributed by atoms with Gasteiger partial charge in [-0.05, 0) is 73.3 Å². The molecule has 0 atom stereocenters. The molecule has 5 rings (SSSR count). The third-order valence-corrected chi connectivity index (χ3v) is 6.53. The molecule has 130 valence electrons. The second-order valence-corrected chi connectivity index (χ2v) is 8.50. The van der Waals surface area contributed by atoms with Crippen LogP contribution in [0.5, 0.6) is 0 Å². The zero-order valence-electron chi connectivity index (χ0n) is 14.2. The molecule has 24 heavy (non-hydrogen) atoms. The van der Waals surface area contributed by atoms with Crippen LogP contribution in [0.2, 0.25) is 0 Å². The molecule has 0 aliphatic heterocycles. The molecule has 3 nitrogen and oxygen atoms in total. The predicted molar refractivity (Wildman–Crippen MR) is 91.4 cm³/mol. The number of benzene rings is 1. The van der Waals surface area contributed by atoms with E-state index in [-0.39, 0.29) is 23.7 Å². The first kappa shape index (κ1) is 16.1. The maximum Gasteiger partial charge on any atom is 0.220 e. The standard InChI is InChI=1S/C20H27FN2O/c21-18-6-13(11-22)1-2-17(18)12-23-19(24)10-20-7-14-3-15(8-20)5-16(4-14)9-20/h1-2,6,14-16H,3-5,7-12,22H2,(H,23,24). The molecule has 0 radical (unpaired) electrons. The van der Waals surface area contributed by atoms with Gasteiger partial charge in [-0.3, -0.25) is 4.79 Å². The fourth-order valence-corrected chi connectivity index (χ4v) is 5.96. The van der Waals surface area contributed by atoms with Gasteiger partial charge >= 0.3 is 0 Å². The largest absolute Gasteiger partial charge is 0.352 e. The van der Waals surface area contributed by atoms with Crippen molar-refractivity contribution >= 4 is 5.91 Å². The summed E-state index contributed by atoms with van der Waals surface area (Å²) in [6, 6.07) is 5.01. The third kappa shape index (κ3) is 3.08. The van der Waals surface area contributed by atoms with Gasteiger partial charge in [-0.1, -0.05) is 12.1 Å². The second-order valence-electron chi connectivity index (χ2n) is 8.50. The Balaban J connectivity index is 1.36. The van der Waals surface area contributed by atoms with Crippen LogP contribution in [0.4, 0.5) is 4.39 Å². The van der Waals surface area contributed by atoms with Gasteiger partial charge < -0.3 is 11.1 Å². The number of amides is 1. The molecule has 1 amide bonds.